The molecule has 9 nitrogen and oxygen atoms in total. The maximum absolute atomic E-state index is 14.0. The van der Waals surface area contributed by atoms with Gasteiger partial charge in [0, 0.05) is 18.1 Å². The Labute approximate surface area is 253 Å². The minimum atomic E-state index is -4.20. The van der Waals surface area contributed by atoms with Crippen molar-refractivity contribution in [2.75, 3.05) is 31.1 Å². The molecular formula is C31H38ClN3O6S. The van der Waals surface area contributed by atoms with Crippen LogP contribution in [-0.2, 0) is 26.2 Å². The molecule has 0 aliphatic carbocycles. The summed E-state index contributed by atoms with van der Waals surface area (Å²) in [6, 6.07) is 18.5. The van der Waals surface area contributed by atoms with Crippen LogP contribution < -0.4 is 19.1 Å². The topological polar surface area (TPSA) is 105 Å². The summed E-state index contributed by atoms with van der Waals surface area (Å²) in [5.41, 5.74) is 1.02. The first kappa shape index (κ1) is 32.8. The number of methoxy groups -OCH3 is 1. The summed E-state index contributed by atoms with van der Waals surface area (Å²) in [6.45, 7) is 5.98. The largest absolute Gasteiger partial charge is 0.497 e. The molecule has 0 saturated heterocycles. The molecule has 226 valence electrons. The Morgan fingerprint density at radius 2 is 1.55 bits per heavy atom. The third-order valence-corrected chi connectivity index (χ3v) is 8.67. The summed E-state index contributed by atoms with van der Waals surface area (Å²) in [5.74, 6) is 0.349. The van der Waals surface area contributed by atoms with Gasteiger partial charge in [-0.3, -0.25) is 13.9 Å². The zero-order chi connectivity index (χ0) is 30.7. The highest BCUT2D eigenvalue weighted by molar-refractivity contribution is 7.92. The van der Waals surface area contributed by atoms with E-state index in [1.807, 2.05) is 13.8 Å². The number of nitrogens with zero attached hydrogens (tertiary/aromatic N) is 2. The monoisotopic (exact) mass is 615 g/mol. The molecule has 3 aromatic rings. The first-order valence-electron chi connectivity index (χ1n) is 13.8. The van der Waals surface area contributed by atoms with E-state index in [0.717, 1.165) is 22.7 Å². The van der Waals surface area contributed by atoms with E-state index in [4.69, 9.17) is 21.1 Å². The summed E-state index contributed by atoms with van der Waals surface area (Å²) in [7, 11) is -2.64. The number of hydrogen-bond acceptors (Lipinski definition) is 6. The Kier molecular flexibility index (Phi) is 12.1. The minimum Gasteiger partial charge on any atom is -0.497 e. The zero-order valence-electron chi connectivity index (χ0n) is 24.4. The van der Waals surface area contributed by atoms with Crippen LogP contribution in [0.2, 0.25) is 5.02 Å². The molecule has 42 heavy (non-hydrogen) atoms. The van der Waals surface area contributed by atoms with E-state index in [1.54, 1.807) is 62.6 Å². The Morgan fingerprint density at radius 1 is 0.929 bits per heavy atom. The van der Waals surface area contributed by atoms with Crippen LogP contribution in [-0.4, -0.2) is 58.0 Å². The van der Waals surface area contributed by atoms with Crippen molar-refractivity contribution in [2.24, 2.45) is 0 Å². The highest BCUT2D eigenvalue weighted by atomic mass is 35.5. The second kappa shape index (κ2) is 15.5. The second-order valence-electron chi connectivity index (χ2n) is 9.58. The second-order valence-corrected chi connectivity index (χ2v) is 11.9. The van der Waals surface area contributed by atoms with Gasteiger partial charge in [-0.1, -0.05) is 37.1 Å². The van der Waals surface area contributed by atoms with Crippen LogP contribution in [0, 0.1) is 0 Å². The van der Waals surface area contributed by atoms with Crippen molar-refractivity contribution in [1.82, 2.24) is 10.2 Å². The number of rotatable bonds is 15. The Hall–Kier alpha value is -3.76. The highest BCUT2D eigenvalue weighted by Gasteiger charge is 2.32. The Balaban J connectivity index is 2.00. The molecule has 0 fully saturated rings. The number of amides is 2. The van der Waals surface area contributed by atoms with Gasteiger partial charge < -0.3 is 19.7 Å². The molecule has 0 aliphatic heterocycles. The van der Waals surface area contributed by atoms with Crippen molar-refractivity contribution in [2.45, 2.75) is 51.1 Å². The highest BCUT2D eigenvalue weighted by Crippen LogP contribution is 2.27. The standard InChI is InChI=1S/C31H38ClN3O6S/c1-5-7-20-33-31(37)23(3)34(21-24-8-14-27(40-4)15-9-24)30(36)22-35(26-12-16-28(17-13-26)41-6-2)42(38,39)29-18-10-25(32)11-19-29/h8-19,23H,5-7,20-22H2,1-4H3,(H,33,37). The van der Waals surface area contributed by atoms with Gasteiger partial charge in [-0.2, -0.15) is 0 Å². The van der Waals surface area contributed by atoms with E-state index >= 15 is 0 Å². The summed E-state index contributed by atoms with van der Waals surface area (Å²) in [5, 5.41) is 3.26. The van der Waals surface area contributed by atoms with Gasteiger partial charge >= 0.3 is 0 Å². The predicted octanol–water partition coefficient (Wildman–Crippen LogP) is 5.28. The first-order chi connectivity index (χ1) is 20.1. The SMILES string of the molecule is CCCCNC(=O)C(C)N(Cc1ccc(OC)cc1)C(=O)CN(c1ccc(OCC)cc1)S(=O)(=O)c1ccc(Cl)cc1. The lowest BCUT2D eigenvalue weighted by Gasteiger charge is -2.32. The van der Waals surface area contributed by atoms with Crippen molar-refractivity contribution in [1.29, 1.82) is 0 Å². The van der Waals surface area contributed by atoms with Gasteiger partial charge in [-0.05, 0) is 86.5 Å². The molecular weight excluding hydrogens is 578 g/mol. The lowest BCUT2D eigenvalue weighted by molar-refractivity contribution is -0.139. The van der Waals surface area contributed by atoms with E-state index in [9.17, 15) is 18.0 Å². The van der Waals surface area contributed by atoms with Gasteiger partial charge in [0.1, 0.15) is 24.1 Å². The molecule has 0 saturated carbocycles. The van der Waals surface area contributed by atoms with Crippen LogP contribution in [0.25, 0.3) is 0 Å². The lowest BCUT2D eigenvalue weighted by atomic mass is 10.1. The predicted molar refractivity (Wildman–Crippen MR) is 165 cm³/mol. The van der Waals surface area contributed by atoms with Crippen molar-refractivity contribution in [3.63, 3.8) is 0 Å². The quantitative estimate of drug-likeness (QED) is 0.233. The fraction of sp³-hybridized carbons (Fsp3) is 0.355. The Bertz CT molecular complexity index is 1410. The van der Waals surface area contributed by atoms with Crippen molar-refractivity contribution < 1.29 is 27.5 Å². The summed E-state index contributed by atoms with van der Waals surface area (Å²) in [6.07, 6.45) is 1.71. The van der Waals surface area contributed by atoms with Crippen LogP contribution in [0.5, 0.6) is 11.5 Å². The van der Waals surface area contributed by atoms with E-state index in [1.165, 1.54) is 29.2 Å². The number of benzene rings is 3. The smallest absolute Gasteiger partial charge is 0.264 e. The maximum Gasteiger partial charge on any atom is 0.264 e. The molecule has 1 unspecified atom stereocenters. The van der Waals surface area contributed by atoms with Gasteiger partial charge in [0.25, 0.3) is 10.0 Å². The molecule has 0 radical (unpaired) electrons. The zero-order valence-corrected chi connectivity index (χ0v) is 26.0. The molecule has 3 aromatic carbocycles. The summed E-state index contributed by atoms with van der Waals surface area (Å²) >= 11 is 6.01. The van der Waals surface area contributed by atoms with Crippen LogP contribution in [0.3, 0.4) is 0 Å². The maximum atomic E-state index is 14.0. The third-order valence-electron chi connectivity index (χ3n) is 6.63. The number of unbranched alkanes of at least 4 members (excludes halogenated alkanes) is 1. The normalized spacial score (nSPS) is 11.8. The molecule has 0 aromatic heterocycles. The van der Waals surface area contributed by atoms with E-state index in [0.29, 0.717) is 29.7 Å². The number of nitrogens with one attached hydrogen (secondary N) is 1. The molecule has 3 rings (SSSR count). The van der Waals surface area contributed by atoms with E-state index in [-0.39, 0.29) is 23.0 Å². The number of halogens is 1. The fourth-order valence-corrected chi connectivity index (χ4v) is 5.72. The van der Waals surface area contributed by atoms with E-state index < -0.39 is 28.5 Å². The average molecular weight is 616 g/mol. The van der Waals surface area contributed by atoms with Crippen molar-refractivity contribution >= 4 is 39.1 Å². The number of ether oxygens (including phenoxy) is 2. The Morgan fingerprint density at radius 3 is 2.12 bits per heavy atom. The van der Waals surface area contributed by atoms with Gasteiger partial charge in [-0.25, -0.2) is 8.42 Å². The minimum absolute atomic E-state index is 0.0272. The molecule has 2 amide bonds. The van der Waals surface area contributed by atoms with Crippen LogP contribution in [0.4, 0.5) is 5.69 Å². The summed E-state index contributed by atoms with van der Waals surface area (Å²) in [4.78, 5) is 28.4. The van der Waals surface area contributed by atoms with Gasteiger partial charge in [0.2, 0.25) is 11.8 Å². The molecule has 0 heterocycles. The van der Waals surface area contributed by atoms with Gasteiger partial charge in [0.05, 0.1) is 24.3 Å². The molecule has 1 atom stereocenters. The molecule has 1 N–H and O–H groups in total. The van der Waals surface area contributed by atoms with Crippen molar-refractivity contribution in [3.8, 4) is 11.5 Å². The number of hydrogen-bond donors (Lipinski definition) is 1. The van der Waals surface area contributed by atoms with Gasteiger partial charge in [0.15, 0.2) is 0 Å². The molecule has 11 heteroatoms. The first-order valence-corrected chi connectivity index (χ1v) is 15.6. The third kappa shape index (κ3) is 8.62. The lowest BCUT2D eigenvalue weighted by Crippen LogP contribution is -2.51. The fourth-order valence-electron chi connectivity index (χ4n) is 4.18. The van der Waals surface area contributed by atoms with Crippen LogP contribution in [0.1, 0.15) is 39.2 Å². The number of sulfonamides is 1. The number of anilines is 1. The molecule has 0 spiro atoms. The summed E-state index contributed by atoms with van der Waals surface area (Å²) < 4.78 is 39.6. The average Bonchev–Trinajstić information content (AvgIpc) is 2.99. The van der Waals surface area contributed by atoms with E-state index in [2.05, 4.69) is 5.32 Å². The molecule has 0 bridgehead atoms. The van der Waals surface area contributed by atoms with Crippen molar-refractivity contribution in [3.05, 3.63) is 83.4 Å². The molecule has 0 aliphatic rings. The van der Waals surface area contributed by atoms with Crippen LogP contribution >= 0.6 is 11.6 Å². The number of carbonyl (C=O) groups is 2. The van der Waals surface area contributed by atoms with Crippen LogP contribution in [0.15, 0.2) is 77.7 Å². The number of carbonyl (C=O) groups excluding carboxylic acids is 2. The van der Waals surface area contributed by atoms with Gasteiger partial charge in [-0.15, -0.1) is 0 Å².